The van der Waals surface area contributed by atoms with Crippen molar-refractivity contribution in [3.63, 3.8) is 0 Å². The van der Waals surface area contributed by atoms with Crippen molar-refractivity contribution >= 4 is 34.8 Å². The van der Waals surface area contributed by atoms with Crippen molar-refractivity contribution in [1.29, 1.82) is 0 Å². The van der Waals surface area contributed by atoms with E-state index in [9.17, 15) is 4.39 Å². The topological polar surface area (TPSA) is 0 Å². The van der Waals surface area contributed by atoms with Gasteiger partial charge in [0, 0.05) is 0 Å². The summed E-state index contributed by atoms with van der Waals surface area (Å²) >= 11 is 15.1. The van der Waals surface area contributed by atoms with Gasteiger partial charge in [0.1, 0.15) is 11.2 Å². The third-order valence-electron chi connectivity index (χ3n) is 0.313. The van der Waals surface area contributed by atoms with Crippen molar-refractivity contribution in [3.8, 4) is 0 Å². The van der Waals surface area contributed by atoms with Crippen molar-refractivity contribution in [3.05, 3.63) is 11.4 Å². The van der Waals surface area contributed by atoms with Gasteiger partial charge in [0.05, 0.1) is 5.03 Å². The zero-order valence-corrected chi connectivity index (χ0v) is 5.43. The Morgan fingerprint density at radius 3 is 2.00 bits per heavy atom. The summed E-state index contributed by atoms with van der Waals surface area (Å²) < 4.78 is 11.2. The van der Waals surface area contributed by atoms with Gasteiger partial charge in [-0.1, -0.05) is 34.8 Å². The van der Waals surface area contributed by atoms with Crippen molar-refractivity contribution in [2.75, 3.05) is 0 Å². The molecule has 0 aromatic heterocycles. The molecule has 0 amide bonds. The molecule has 42 valence electrons. The van der Waals surface area contributed by atoms with Crippen molar-refractivity contribution in [2.24, 2.45) is 0 Å². The van der Waals surface area contributed by atoms with Gasteiger partial charge in [-0.2, -0.15) is 0 Å². The molecule has 0 radical (unpaired) electrons. The first-order valence-electron chi connectivity index (χ1n) is 1.42. The Labute approximate surface area is 55.9 Å². The molecule has 0 nitrogen and oxygen atoms in total. The van der Waals surface area contributed by atoms with Crippen LogP contribution in [0.5, 0.6) is 0 Å². The molecule has 0 heterocycles. The molecular weight excluding hydrogens is 161 g/mol. The van der Waals surface area contributed by atoms with Gasteiger partial charge in [-0.15, -0.1) is 0 Å². The Morgan fingerprint density at radius 2 is 2.00 bits per heavy atom. The van der Waals surface area contributed by atoms with Crippen molar-refractivity contribution < 1.29 is 4.39 Å². The number of allylic oxidation sites excluding steroid dienone is 1. The minimum Gasteiger partial charge on any atom is -0.214 e. The summed E-state index contributed by atoms with van der Waals surface area (Å²) in [6.07, 6.45) is 0.159. The van der Waals surface area contributed by atoms with E-state index in [-0.39, 0.29) is 11.4 Å². The van der Waals surface area contributed by atoms with Gasteiger partial charge in [-0.3, -0.25) is 0 Å². The molecule has 0 N–H and O–H groups in total. The summed E-state index contributed by atoms with van der Waals surface area (Å²) in [7, 11) is 0. The van der Waals surface area contributed by atoms with Crippen LogP contribution in [0.2, 0.25) is 0 Å². The van der Waals surface area contributed by atoms with Crippen LogP contribution in [-0.2, 0) is 0 Å². The average Bonchev–Trinajstić information content (AvgIpc) is 1.65. The molecular formula is C3H2Cl3F. The Balaban J connectivity index is 3.56. The minimum atomic E-state index is -0.938. The summed E-state index contributed by atoms with van der Waals surface area (Å²) in [6, 6.07) is 0. The van der Waals surface area contributed by atoms with Crippen LogP contribution in [-0.4, -0.2) is 4.84 Å². The Kier molecular flexibility index (Phi) is 3.80. The van der Waals surface area contributed by atoms with E-state index in [0.717, 1.165) is 0 Å². The quantitative estimate of drug-likeness (QED) is 0.522. The molecule has 0 aliphatic carbocycles. The lowest BCUT2D eigenvalue weighted by atomic mass is 10.7. The lowest BCUT2D eigenvalue weighted by molar-refractivity contribution is 0.715. The molecule has 0 fully saturated rings. The molecule has 0 saturated carbocycles. The first-order chi connectivity index (χ1) is 3.18. The minimum absolute atomic E-state index is 0.159. The van der Waals surface area contributed by atoms with E-state index in [1.165, 1.54) is 0 Å². The monoisotopic (exact) mass is 162 g/mol. The second kappa shape index (κ2) is 3.53. The first kappa shape index (κ1) is 7.54. The normalized spacial score (nSPS) is 13.0. The zero-order chi connectivity index (χ0) is 5.86. The summed E-state index contributed by atoms with van der Waals surface area (Å²) in [5.41, 5.74) is 0. The van der Waals surface area contributed by atoms with Gasteiger partial charge < -0.3 is 0 Å². The maximum Gasteiger partial charge on any atom is 0.145 e. The van der Waals surface area contributed by atoms with Crippen LogP contribution in [0.3, 0.4) is 0 Å². The summed E-state index contributed by atoms with van der Waals surface area (Å²) in [4.78, 5) is -0.938. The second-order valence-corrected chi connectivity index (χ2v) is 2.33. The third kappa shape index (κ3) is 3.15. The predicted octanol–water partition coefficient (Wildman–Crippen LogP) is 2.84. The highest BCUT2D eigenvalue weighted by Gasteiger charge is 2.01. The number of halogens is 4. The van der Waals surface area contributed by atoms with Crippen molar-refractivity contribution in [2.45, 2.75) is 4.84 Å². The highest BCUT2D eigenvalue weighted by Crippen LogP contribution is 2.17. The first-order valence-corrected chi connectivity index (χ1v) is 2.67. The molecule has 0 aromatic carbocycles. The van der Waals surface area contributed by atoms with Gasteiger partial charge in [0.15, 0.2) is 0 Å². The highest BCUT2D eigenvalue weighted by molar-refractivity contribution is 6.52. The molecule has 0 rings (SSSR count). The Morgan fingerprint density at radius 1 is 1.57 bits per heavy atom. The van der Waals surface area contributed by atoms with E-state index >= 15 is 0 Å². The standard InChI is InChI=1S/C3H2Cl3F/c4-2(1-7)3(5)6/h1,3H. The van der Waals surface area contributed by atoms with Gasteiger partial charge in [-0.05, 0) is 0 Å². The van der Waals surface area contributed by atoms with E-state index < -0.39 is 4.84 Å². The Bertz CT molecular complexity index is 78.2. The van der Waals surface area contributed by atoms with E-state index in [2.05, 4.69) is 0 Å². The average molecular weight is 163 g/mol. The summed E-state index contributed by atoms with van der Waals surface area (Å²) in [5.74, 6) is 0. The molecule has 4 heteroatoms. The number of hydrogen-bond acceptors (Lipinski definition) is 0. The van der Waals surface area contributed by atoms with Crippen LogP contribution in [0.25, 0.3) is 0 Å². The van der Waals surface area contributed by atoms with Gasteiger partial charge in [-0.25, -0.2) is 4.39 Å². The molecule has 0 saturated heterocycles. The molecule has 0 atom stereocenters. The molecule has 0 spiro atoms. The van der Waals surface area contributed by atoms with Gasteiger partial charge in [0.2, 0.25) is 0 Å². The van der Waals surface area contributed by atoms with Crippen LogP contribution in [0.4, 0.5) is 4.39 Å². The summed E-state index contributed by atoms with van der Waals surface area (Å²) in [5, 5.41) is -0.191. The highest BCUT2D eigenvalue weighted by atomic mass is 35.5. The third-order valence-corrected chi connectivity index (χ3v) is 1.31. The fraction of sp³-hybridized carbons (Fsp3) is 0.333. The fourth-order valence-electron chi connectivity index (χ4n) is 0.0476. The van der Waals surface area contributed by atoms with Crippen molar-refractivity contribution in [1.82, 2.24) is 0 Å². The number of hydrogen-bond donors (Lipinski definition) is 0. The molecule has 0 unspecified atom stereocenters. The number of rotatable bonds is 1. The van der Waals surface area contributed by atoms with Crippen LogP contribution < -0.4 is 0 Å². The van der Waals surface area contributed by atoms with Crippen LogP contribution >= 0.6 is 34.8 Å². The molecule has 0 aliphatic heterocycles. The van der Waals surface area contributed by atoms with Crippen LogP contribution in [0, 0.1) is 0 Å². The SMILES string of the molecule is FC=C(Cl)C(Cl)Cl. The maximum atomic E-state index is 11.2. The molecule has 7 heavy (non-hydrogen) atoms. The summed E-state index contributed by atoms with van der Waals surface area (Å²) in [6.45, 7) is 0. The van der Waals surface area contributed by atoms with E-state index in [4.69, 9.17) is 34.8 Å². The maximum absolute atomic E-state index is 11.2. The van der Waals surface area contributed by atoms with Crippen LogP contribution in [0.15, 0.2) is 11.4 Å². The zero-order valence-electron chi connectivity index (χ0n) is 3.17. The molecule has 0 aromatic rings. The lowest BCUT2D eigenvalue weighted by Crippen LogP contribution is -1.81. The second-order valence-electron chi connectivity index (χ2n) is 0.795. The van der Waals surface area contributed by atoms with E-state index in [1.807, 2.05) is 0 Å². The van der Waals surface area contributed by atoms with E-state index in [0.29, 0.717) is 0 Å². The van der Waals surface area contributed by atoms with Crippen LogP contribution in [0.1, 0.15) is 0 Å². The van der Waals surface area contributed by atoms with Gasteiger partial charge in [0.25, 0.3) is 0 Å². The number of alkyl halides is 2. The predicted molar refractivity (Wildman–Crippen MR) is 30.5 cm³/mol. The molecule has 0 bridgehead atoms. The fourth-order valence-corrected chi connectivity index (χ4v) is 0.143. The largest absolute Gasteiger partial charge is 0.214 e. The Hall–Kier alpha value is 0.540. The molecule has 0 aliphatic rings. The van der Waals surface area contributed by atoms with Gasteiger partial charge >= 0.3 is 0 Å². The van der Waals surface area contributed by atoms with E-state index in [1.54, 1.807) is 0 Å². The smallest absolute Gasteiger partial charge is 0.145 e. The lowest BCUT2D eigenvalue weighted by Gasteiger charge is -1.90.